The standard InChI is InChI=1S/C10H18O3/c1-7-5-8(7)6-12-9(11)13-10(2,3)4/h7-8H,5-6H2,1-4H3/t7-,8-/m1/s1. The summed E-state index contributed by atoms with van der Waals surface area (Å²) in [5, 5.41) is 0. The van der Waals surface area contributed by atoms with Crippen LogP contribution < -0.4 is 0 Å². The van der Waals surface area contributed by atoms with Crippen molar-refractivity contribution in [3.05, 3.63) is 0 Å². The molecule has 0 aromatic carbocycles. The zero-order valence-corrected chi connectivity index (χ0v) is 8.79. The van der Waals surface area contributed by atoms with Crippen LogP contribution in [-0.2, 0) is 9.47 Å². The first-order valence-electron chi connectivity index (χ1n) is 4.74. The van der Waals surface area contributed by atoms with E-state index in [9.17, 15) is 4.79 Å². The molecule has 1 fully saturated rings. The van der Waals surface area contributed by atoms with Crippen molar-refractivity contribution in [2.24, 2.45) is 11.8 Å². The molecule has 0 spiro atoms. The zero-order chi connectivity index (χ0) is 10.1. The van der Waals surface area contributed by atoms with Crippen molar-refractivity contribution >= 4 is 6.16 Å². The van der Waals surface area contributed by atoms with Gasteiger partial charge in [0, 0.05) is 0 Å². The average molecular weight is 186 g/mol. The Bertz CT molecular complexity index is 193. The smallest absolute Gasteiger partial charge is 0.434 e. The summed E-state index contributed by atoms with van der Waals surface area (Å²) >= 11 is 0. The van der Waals surface area contributed by atoms with E-state index >= 15 is 0 Å². The lowest BCUT2D eigenvalue weighted by Crippen LogP contribution is -2.24. The van der Waals surface area contributed by atoms with Crippen molar-refractivity contribution in [3.63, 3.8) is 0 Å². The van der Waals surface area contributed by atoms with Gasteiger partial charge in [0.05, 0.1) is 6.61 Å². The Morgan fingerprint density at radius 1 is 1.46 bits per heavy atom. The summed E-state index contributed by atoms with van der Waals surface area (Å²) in [5.41, 5.74) is -0.452. The van der Waals surface area contributed by atoms with Crippen LogP contribution in [0.5, 0.6) is 0 Å². The van der Waals surface area contributed by atoms with Gasteiger partial charge in [0.25, 0.3) is 0 Å². The van der Waals surface area contributed by atoms with E-state index in [0.717, 1.165) is 0 Å². The second kappa shape index (κ2) is 3.56. The molecule has 76 valence electrons. The lowest BCUT2D eigenvalue weighted by molar-refractivity contribution is -0.00935. The number of carbonyl (C=O) groups excluding carboxylic acids is 1. The Morgan fingerprint density at radius 2 is 2.00 bits per heavy atom. The largest absolute Gasteiger partial charge is 0.508 e. The SMILES string of the molecule is C[C@@H]1C[C@@H]1COC(=O)OC(C)(C)C. The third kappa shape index (κ3) is 4.15. The van der Waals surface area contributed by atoms with Gasteiger partial charge < -0.3 is 9.47 Å². The molecule has 13 heavy (non-hydrogen) atoms. The van der Waals surface area contributed by atoms with E-state index < -0.39 is 11.8 Å². The Morgan fingerprint density at radius 3 is 2.38 bits per heavy atom. The van der Waals surface area contributed by atoms with Crippen LogP contribution >= 0.6 is 0 Å². The normalized spacial score (nSPS) is 26.8. The van der Waals surface area contributed by atoms with Gasteiger partial charge in [-0.3, -0.25) is 0 Å². The highest BCUT2D eigenvalue weighted by Crippen LogP contribution is 2.37. The minimum atomic E-state index is -0.549. The van der Waals surface area contributed by atoms with Crippen LogP contribution in [0.2, 0.25) is 0 Å². The number of carbonyl (C=O) groups is 1. The molecule has 3 nitrogen and oxygen atoms in total. The molecule has 0 amide bonds. The highest BCUT2D eigenvalue weighted by Gasteiger charge is 2.34. The number of hydrogen-bond donors (Lipinski definition) is 0. The van der Waals surface area contributed by atoms with Crippen LogP contribution in [0.15, 0.2) is 0 Å². The van der Waals surface area contributed by atoms with E-state index in [4.69, 9.17) is 9.47 Å². The highest BCUT2D eigenvalue weighted by molar-refractivity contribution is 5.60. The van der Waals surface area contributed by atoms with E-state index in [1.165, 1.54) is 6.42 Å². The summed E-state index contributed by atoms with van der Waals surface area (Å²) in [6, 6.07) is 0. The van der Waals surface area contributed by atoms with Crippen molar-refractivity contribution in [1.82, 2.24) is 0 Å². The molecular formula is C10H18O3. The van der Waals surface area contributed by atoms with Gasteiger partial charge in [-0.25, -0.2) is 4.79 Å². The molecular weight excluding hydrogens is 168 g/mol. The second-order valence-corrected chi connectivity index (χ2v) is 4.75. The van der Waals surface area contributed by atoms with Crippen molar-refractivity contribution in [2.75, 3.05) is 6.61 Å². The fourth-order valence-corrected chi connectivity index (χ4v) is 1.09. The first-order chi connectivity index (χ1) is 5.88. The average Bonchev–Trinajstić information content (AvgIpc) is 2.58. The molecule has 0 bridgehead atoms. The summed E-state index contributed by atoms with van der Waals surface area (Å²) in [6.45, 7) is 8.15. The summed E-state index contributed by atoms with van der Waals surface area (Å²) in [7, 11) is 0. The molecule has 2 atom stereocenters. The maximum atomic E-state index is 11.1. The van der Waals surface area contributed by atoms with Crippen molar-refractivity contribution < 1.29 is 14.3 Å². The minimum Gasteiger partial charge on any atom is -0.434 e. The molecule has 0 aromatic rings. The van der Waals surface area contributed by atoms with Crippen LogP contribution in [0.4, 0.5) is 4.79 Å². The molecule has 3 heteroatoms. The summed E-state index contributed by atoms with van der Waals surface area (Å²) in [4.78, 5) is 11.1. The lowest BCUT2D eigenvalue weighted by atomic mass is 10.2. The predicted octanol–water partition coefficient (Wildman–Crippen LogP) is 2.59. The maximum absolute atomic E-state index is 11.1. The van der Waals surface area contributed by atoms with Gasteiger partial charge in [-0.1, -0.05) is 6.92 Å². The monoisotopic (exact) mass is 186 g/mol. The minimum absolute atomic E-state index is 0.452. The Hall–Kier alpha value is -0.730. The highest BCUT2D eigenvalue weighted by atomic mass is 16.7. The molecule has 0 N–H and O–H groups in total. The van der Waals surface area contributed by atoms with Crippen LogP contribution in [0.3, 0.4) is 0 Å². The first-order valence-corrected chi connectivity index (χ1v) is 4.74. The van der Waals surface area contributed by atoms with Gasteiger partial charge in [-0.05, 0) is 39.0 Å². The Kier molecular flexibility index (Phi) is 2.84. The van der Waals surface area contributed by atoms with E-state index in [-0.39, 0.29) is 0 Å². The lowest BCUT2D eigenvalue weighted by Gasteiger charge is -2.18. The molecule has 0 saturated heterocycles. The molecule has 1 aliphatic rings. The molecule has 0 aromatic heterocycles. The molecule has 1 rings (SSSR count). The molecule has 1 saturated carbocycles. The fourth-order valence-electron chi connectivity index (χ4n) is 1.09. The van der Waals surface area contributed by atoms with E-state index in [2.05, 4.69) is 6.92 Å². The van der Waals surface area contributed by atoms with E-state index in [1.807, 2.05) is 20.8 Å². The third-order valence-corrected chi connectivity index (χ3v) is 2.08. The van der Waals surface area contributed by atoms with E-state index in [1.54, 1.807) is 0 Å². The number of ether oxygens (including phenoxy) is 2. The molecule has 0 aliphatic heterocycles. The van der Waals surface area contributed by atoms with Crippen LogP contribution in [0.25, 0.3) is 0 Å². The predicted molar refractivity (Wildman–Crippen MR) is 49.5 cm³/mol. The van der Waals surface area contributed by atoms with Crippen molar-refractivity contribution in [3.8, 4) is 0 Å². The van der Waals surface area contributed by atoms with Crippen molar-refractivity contribution in [2.45, 2.75) is 39.7 Å². The first kappa shape index (κ1) is 10.4. The Balaban J connectivity index is 2.11. The number of rotatable bonds is 2. The quantitative estimate of drug-likeness (QED) is 0.622. The van der Waals surface area contributed by atoms with Gasteiger partial charge in [-0.2, -0.15) is 0 Å². The van der Waals surface area contributed by atoms with Crippen LogP contribution in [-0.4, -0.2) is 18.4 Å². The van der Waals surface area contributed by atoms with Gasteiger partial charge in [-0.15, -0.1) is 0 Å². The zero-order valence-electron chi connectivity index (χ0n) is 8.79. The topological polar surface area (TPSA) is 35.5 Å². The number of hydrogen-bond acceptors (Lipinski definition) is 3. The Labute approximate surface area is 79.4 Å². The molecule has 0 heterocycles. The van der Waals surface area contributed by atoms with Gasteiger partial charge in [0.15, 0.2) is 0 Å². The molecule has 1 aliphatic carbocycles. The van der Waals surface area contributed by atoms with Gasteiger partial charge in [0.2, 0.25) is 0 Å². The van der Waals surface area contributed by atoms with Crippen LogP contribution in [0, 0.1) is 11.8 Å². The van der Waals surface area contributed by atoms with Gasteiger partial charge in [0.1, 0.15) is 5.60 Å². The van der Waals surface area contributed by atoms with Crippen molar-refractivity contribution in [1.29, 1.82) is 0 Å². The van der Waals surface area contributed by atoms with E-state index in [0.29, 0.717) is 18.4 Å². The fraction of sp³-hybridized carbons (Fsp3) is 0.900. The van der Waals surface area contributed by atoms with Gasteiger partial charge >= 0.3 is 6.16 Å². The second-order valence-electron chi connectivity index (χ2n) is 4.75. The summed E-state index contributed by atoms with van der Waals surface area (Å²) in [5.74, 6) is 1.27. The molecule has 0 radical (unpaired) electrons. The summed E-state index contributed by atoms with van der Waals surface area (Å²) < 4.78 is 9.94. The summed E-state index contributed by atoms with van der Waals surface area (Å²) in [6.07, 6.45) is 0.620. The molecule has 0 unspecified atom stereocenters. The third-order valence-electron chi connectivity index (χ3n) is 2.08. The maximum Gasteiger partial charge on any atom is 0.508 e. The van der Waals surface area contributed by atoms with Crippen LogP contribution in [0.1, 0.15) is 34.1 Å².